The van der Waals surface area contributed by atoms with E-state index in [4.69, 9.17) is 11.1 Å². The summed E-state index contributed by atoms with van der Waals surface area (Å²) in [5.41, 5.74) is 6.75. The molecule has 0 radical (unpaired) electrons. The largest absolute Gasteiger partial charge is 0.383 e. The van der Waals surface area contributed by atoms with Crippen LogP contribution < -0.4 is 11.1 Å². The average Bonchev–Trinajstić information content (AvgIpc) is 2.10. The highest BCUT2D eigenvalue weighted by molar-refractivity contribution is 6.04. The van der Waals surface area contributed by atoms with Crippen molar-refractivity contribution in [1.82, 2.24) is 9.97 Å². The van der Waals surface area contributed by atoms with Crippen LogP contribution in [0.15, 0.2) is 6.33 Å². The molecule has 2 rings (SSSR count). The number of hydrogen-bond donors (Lipinski definition) is 3. The Bertz CT molecular complexity index is 383. The molecule has 15 heavy (non-hydrogen) atoms. The van der Waals surface area contributed by atoms with Gasteiger partial charge in [0.05, 0.1) is 5.56 Å². The predicted molar refractivity (Wildman–Crippen MR) is 60.2 cm³/mol. The smallest absolute Gasteiger partial charge is 0.140 e. The topological polar surface area (TPSA) is 87.7 Å². The summed E-state index contributed by atoms with van der Waals surface area (Å²) in [5.74, 6) is 1.07. The van der Waals surface area contributed by atoms with Crippen molar-refractivity contribution in [2.24, 2.45) is 0 Å². The Morgan fingerprint density at radius 3 is 2.80 bits per heavy atom. The number of nitrogens with zero attached hydrogens (tertiary/aromatic N) is 2. The third-order valence-electron chi connectivity index (χ3n) is 2.70. The van der Waals surface area contributed by atoms with Gasteiger partial charge in [-0.3, -0.25) is 0 Å². The van der Waals surface area contributed by atoms with E-state index in [9.17, 15) is 0 Å². The maximum absolute atomic E-state index is 7.64. The summed E-state index contributed by atoms with van der Waals surface area (Å²) >= 11 is 0. The van der Waals surface area contributed by atoms with Crippen molar-refractivity contribution in [3.63, 3.8) is 0 Å². The molecular weight excluding hydrogens is 190 g/mol. The second kappa shape index (κ2) is 3.84. The first kappa shape index (κ1) is 9.89. The van der Waals surface area contributed by atoms with E-state index < -0.39 is 0 Å². The molecule has 0 saturated heterocycles. The van der Waals surface area contributed by atoms with Crippen LogP contribution in [0.4, 0.5) is 11.6 Å². The first-order valence-electron chi connectivity index (χ1n) is 5.11. The lowest BCUT2D eigenvalue weighted by Crippen LogP contribution is -2.28. The van der Waals surface area contributed by atoms with Gasteiger partial charge in [-0.25, -0.2) is 9.97 Å². The van der Waals surface area contributed by atoms with Gasteiger partial charge in [-0.1, -0.05) is 0 Å². The van der Waals surface area contributed by atoms with E-state index >= 15 is 0 Å². The van der Waals surface area contributed by atoms with Crippen LogP contribution in [-0.2, 0) is 0 Å². The number of nitrogen functional groups attached to an aromatic ring is 1. The first-order valence-corrected chi connectivity index (χ1v) is 5.11. The SMILES string of the molecule is CC(=N)c1c(N)ncnc1NC1CCC1. The Kier molecular flexibility index (Phi) is 2.53. The van der Waals surface area contributed by atoms with Crippen molar-refractivity contribution >= 4 is 17.3 Å². The van der Waals surface area contributed by atoms with Crippen LogP contribution in [0, 0.1) is 5.41 Å². The van der Waals surface area contributed by atoms with E-state index in [2.05, 4.69) is 15.3 Å². The van der Waals surface area contributed by atoms with Gasteiger partial charge < -0.3 is 16.5 Å². The molecule has 1 aromatic heterocycles. The number of nitrogens with one attached hydrogen (secondary N) is 2. The summed E-state index contributed by atoms with van der Waals surface area (Å²) < 4.78 is 0. The predicted octanol–water partition coefficient (Wildman–Crippen LogP) is 1.41. The van der Waals surface area contributed by atoms with E-state index in [1.165, 1.54) is 25.6 Å². The summed E-state index contributed by atoms with van der Waals surface area (Å²) in [7, 11) is 0. The zero-order valence-electron chi connectivity index (χ0n) is 8.75. The van der Waals surface area contributed by atoms with E-state index in [0.29, 0.717) is 29.0 Å². The van der Waals surface area contributed by atoms with Gasteiger partial charge in [-0.2, -0.15) is 0 Å². The molecule has 1 saturated carbocycles. The molecule has 5 nitrogen and oxygen atoms in total. The maximum atomic E-state index is 7.64. The van der Waals surface area contributed by atoms with Gasteiger partial charge in [0.2, 0.25) is 0 Å². The van der Waals surface area contributed by atoms with Crippen LogP contribution in [0.3, 0.4) is 0 Å². The molecule has 80 valence electrons. The van der Waals surface area contributed by atoms with Crippen molar-refractivity contribution in [2.45, 2.75) is 32.2 Å². The highest BCUT2D eigenvalue weighted by Crippen LogP contribution is 2.25. The lowest BCUT2D eigenvalue weighted by atomic mass is 9.93. The molecule has 4 N–H and O–H groups in total. The van der Waals surface area contributed by atoms with Crippen LogP contribution >= 0.6 is 0 Å². The Balaban J connectivity index is 2.27. The molecule has 1 aliphatic rings. The molecule has 0 bridgehead atoms. The van der Waals surface area contributed by atoms with E-state index in [1.54, 1.807) is 6.92 Å². The molecule has 1 heterocycles. The minimum absolute atomic E-state index is 0.374. The number of aromatic nitrogens is 2. The van der Waals surface area contributed by atoms with Gasteiger partial charge in [0.1, 0.15) is 18.0 Å². The Morgan fingerprint density at radius 1 is 1.53 bits per heavy atom. The van der Waals surface area contributed by atoms with Crippen molar-refractivity contribution in [1.29, 1.82) is 5.41 Å². The lowest BCUT2D eigenvalue weighted by Gasteiger charge is -2.27. The third-order valence-corrected chi connectivity index (χ3v) is 2.70. The Labute approximate surface area is 88.6 Å². The summed E-state index contributed by atoms with van der Waals surface area (Å²) in [4.78, 5) is 8.04. The molecule has 1 fully saturated rings. The Hall–Kier alpha value is -1.65. The van der Waals surface area contributed by atoms with E-state index in [-0.39, 0.29) is 0 Å². The van der Waals surface area contributed by atoms with Crippen LogP contribution in [0.25, 0.3) is 0 Å². The highest BCUT2D eigenvalue weighted by atomic mass is 15.1. The molecule has 1 aromatic rings. The van der Waals surface area contributed by atoms with Crippen LogP contribution in [-0.4, -0.2) is 21.7 Å². The first-order chi connectivity index (χ1) is 7.18. The molecule has 0 aromatic carbocycles. The molecule has 0 unspecified atom stereocenters. The van der Waals surface area contributed by atoms with Gasteiger partial charge in [-0.15, -0.1) is 0 Å². The number of nitrogens with two attached hydrogens (primary N) is 1. The number of hydrogen-bond acceptors (Lipinski definition) is 5. The summed E-state index contributed by atoms with van der Waals surface area (Å²) in [6.07, 6.45) is 5.03. The highest BCUT2D eigenvalue weighted by Gasteiger charge is 2.20. The van der Waals surface area contributed by atoms with Gasteiger partial charge in [0.25, 0.3) is 0 Å². The molecule has 0 atom stereocenters. The third kappa shape index (κ3) is 1.91. The summed E-state index contributed by atoms with van der Waals surface area (Å²) in [5, 5.41) is 10.9. The molecular formula is C10H15N5. The number of anilines is 2. The van der Waals surface area contributed by atoms with Gasteiger partial charge >= 0.3 is 0 Å². The van der Waals surface area contributed by atoms with Crippen molar-refractivity contribution in [3.8, 4) is 0 Å². The van der Waals surface area contributed by atoms with Gasteiger partial charge in [-0.05, 0) is 26.2 Å². The average molecular weight is 205 g/mol. The Morgan fingerprint density at radius 2 is 2.27 bits per heavy atom. The quantitative estimate of drug-likeness (QED) is 0.651. The maximum Gasteiger partial charge on any atom is 0.140 e. The molecule has 0 amide bonds. The second-order valence-corrected chi connectivity index (χ2v) is 3.88. The van der Waals surface area contributed by atoms with Crippen LogP contribution in [0.5, 0.6) is 0 Å². The standard InChI is InChI=1S/C10H15N5/c1-6(11)8-9(12)13-5-14-10(8)15-7-3-2-4-7/h5,7,11H,2-4H2,1H3,(H3,12,13,14,15). The van der Waals surface area contributed by atoms with Crippen molar-refractivity contribution in [2.75, 3.05) is 11.1 Å². The van der Waals surface area contributed by atoms with Gasteiger partial charge in [0.15, 0.2) is 0 Å². The molecule has 0 aliphatic heterocycles. The zero-order chi connectivity index (χ0) is 10.8. The molecule has 0 spiro atoms. The molecule has 5 heteroatoms. The molecule has 1 aliphatic carbocycles. The second-order valence-electron chi connectivity index (χ2n) is 3.88. The van der Waals surface area contributed by atoms with Gasteiger partial charge in [0, 0.05) is 11.8 Å². The fourth-order valence-electron chi connectivity index (χ4n) is 1.62. The summed E-state index contributed by atoms with van der Waals surface area (Å²) in [6, 6.07) is 0.484. The van der Waals surface area contributed by atoms with Crippen LogP contribution in [0.2, 0.25) is 0 Å². The lowest BCUT2D eigenvalue weighted by molar-refractivity contribution is 0.444. The van der Waals surface area contributed by atoms with Crippen molar-refractivity contribution < 1.29 is 0 Å². The van der Waals surface area contributed by atoms with Crippen molar-refractivity contribution in [3.05, 3.63) is 11.9 Å². The zero-order valence-corrected chi connectivity index (χ0v) is 8.75. The number of rotatable bonds is 3. The van der Waals surface area contributed by atoms with Crippen LogP contribution in [0.1, 0.15) is 31.7 Å². The fraction of sp³-hybridized carbons (Fsp3) is 0.500. The monoisotopic (exact) mass is 205 g/mol. The fourth-order valence-corrected chi connectivity index (χ4v) is 1.62. The normalized spacial score (nSPS) is 15.8. The van der Waals surface area contributed by atoms with E-state index in [1.807, 2.05) is 0 Å². The minimum Gasteiger partial charge on any atom is -0.383 e. The minimum atomic E-state index is 0.374. The summed E-state index contributed by atoms with van der Waals surface area (Å²) in [6.45, 7) is 1.70. The van der Waals surface area contributed by atoms with E-state index in [0.717, 1.165) is 0 Å².